The Morgan fingerprint density at radius 2 is 2.09 bits per heavy atom. The number of alkyl halides is 1. The molecule has 184 valence electrons. The number of β-amino-alcohol motifs (C(OH)–C–C–N with tert-alkyl or cyclic N) is 1. The van der Waals surface area contributed by atoms with Crippen molar-refractivity contribution >= 4 is 23.5 Å². The van der Waals surface area contributed by atoms with Gasteiger partial charge in [0.2, 0.25) is 5.91 Å². The first-order valence-corrected chi connectivity index (χ1v) is 12.7. The van der Waals surface area contributed by atoms with E-state index in [0.29, 0.717) is 31.8 Å². The third-order valence-corrected chi connectivity index (χ3v) is 8.10. The van der Waals surface area contributed by atoms with Crippen molar-refractivity contribution in [2.75, 3.05) is 39.3 Å². The highest BCUT2D eigenvalue weighted by Crippen LogP contribution is 2.53. The molecule has 2 aliphatic carbocycles. The second kappa shape index (κ2) is 10.3. The number of aliphatic hydroxyl groups is 2. The van der Waals surface area contributed by atoms with Gasteiger partial charge in [-0.15, -0.1) is 11.6 Å². The van der Waals surface area contributed by atoms with Crippen LogP contribution in [0.4, 0.5) is 4.79 Å². The molecule has 1 saturated carbocycles. The number of allylic oxidation sites excluding steroid dienone is 3. The van der Waals surface area contributed by atoms with Gasteiger partial charge in [-0.3, -0.25) is 4.79 Å². The van der Waals surface area contributed by atoms with Crippen LogP contribution in [0, 0.1) is 5.41 Å². The number of piperidine rings is 1. The molecule has 4 aliphatic rings. The number of aliphatic hydroxyl groups excluding tert-OH is 2. The minimum Gasteiger partial charge on any atom is -0.394 e. The summed E-state index contributed by atoms with van der Waals surface area (Å²) >= 11 is 6.15. The van der Waals surface area contributed by atoms with E-state index < -0.39 is 0 Å². The third-order valence-electron chi connectivity index (χ3n) is 7.80. The lowest BCUT2D eigenvalue weighted by Gasteiger charge is -2.38. The molecule has 33 heavy (non-hydrogen) atoms. The van der Waals surface area contributed by atoms with Crippen molar-refractivity contribution in [2.45, 2.75) is 69.0 Å². The maximum atomic E-state index is 12.9. The molecule has 0 aromatic rings. The van der Waals surface area contributed by atoms with Crippen molar-refractivity contribution in [3.05, 3.63) is 23.9 Å². The molecule has 0 radical (unpaired) electrons. The van der Waals surface area contributed by atoms with Crippen LogP contribution in [0.15, 0.2) is 23.9 Å². The Kier molecular flexibility index (Phi) is 7.68. The molecular formula is C24H37ClN4O4. The lowest BCUT2D eigenvalue weighted by Crippen LogP contribution is -2.51. The second-order valence-corrected chi connectivity index (χ2v) is 10.7. The van der Waals surface area contributed by atoms with E-state index in [9.17, 15) is 19.8 Å². The van der Waals surface area contributed by atoms with Crippen LogP contribution in [0.3, 0.4) is 0 Å². The molecule has 3 N–H and O–H groups in total. The number of nitrogens with zero attached hydrogens (tertiary/aromatic N) is 3. The molecular weight excluding hydrogens is 444 g/mol. The normalized spacial score (nSPS) is 30.7. The number of carbonyl (C=O) groups excluding carboxylic acids is 2. The van der Waals surface area contributed by atoms with Crippen molar-refractivity contribution < 1.29 is 19.8 Å². The SMILES string of the molecule is CC1CN(C(CO)CCN2CCC3(CC3)C(O)C2)C(=O)CCN1C(=O)NC1=CC(Cl)CC=C1. The van der Waals surface area contributed by atoms with Crippen LogP contribution in [0.2, 0.25) is 0 Å². The first-order chi connectivity index (χ1) is 15.8. The molecule has 0 bridgehead atoms. The summed E-state index contributed by atoms with van der Waals surface area (Å²) in [6.07, 6.45) is 10.2. The Bertz CT molecular complexity index is 799. The Morgan fingerprint density at radius 3 is 2.76 bits per heavy atom. The van der Waals surface area contributed by atoms with E-state index in [1.807, 2.05) is 25.2 Å². The third kappa shape index (κ3) is 5.73. The number of halogens is 1. The smallest absolute Gasteiger partial charge is 0.322 e. The van der Waals surface area contributed by atoms with E-state index in [1.54, 1.807) is 9.80 Å². The van der Waals surface area contributed by atoms with Gasteiger partial charge in [0.25, 0.3) is 0 Å². The van der Waals surface area contributed by atoms with E-state index in [1.165, 1.54) is 0 Å². The predicted octanol–water partition coefficient (Wildman–Crippen LogP) is 1.67. The van der Waals surface area contributed by atoms with Crippen molar-refractivity contribution in [1.82, 2.24) is 20.0 Å². The zero-order valence-electron chi connectivity index (χ0n) is 19.5. The summed E-state index contributed by atoms with van der Waals surface area (Å²) in [5, 5.41) is 23.3. The fraction of sp³-hybridized carbons (Fsp3) is 0.750. The van der Waals surface area contributed by atoms with Gasteiger partial charge in [-0.05, 0) is 63.1 Å². The van der Waals surface area contributed by atoms with Gasteiger partial charge in [-0.1, -0.05) is 6.08 Å². The van der Waals surface area contributed by atoms with Crippen molar-refractivity contribution in [2.24, 2.45) is 5.41 Å². The summed E-state index contributed by atoms with van der Waals surface area (Å²) in [5.74, 6) is -0.0376. The van der Waals surface area contributed by atoms with Crippen LogP contribution >= 0.6 is 11.6 Å². The molecule has 2 aliphatic heterocycles. The molecule has 3 fully saturated rings. The number of carbonyl (C=O) groups is 2. The van der Waals surface area contributed by atoms with Crippen molar-refractivity contribution in [1.29, 1.82) is 0 Å². The summed E-state index contributed by atoms with van der Waals surface area (Å²) in [5.41, 5.74) is 0.845. The Morgan fingerprint density at radius 1 is 1.30 bits per heavy atom. The van der Waals surface area contributed by atoms with Gasteiger partial charge in [-0.25, -0.2) is 4.79 Å². The lowest BCUT2D eigenvalue weighted by molar-refractivity contribution is -0.134. The largest absolute Gasteiger partial charge is 0.394 e. The topological polar surface area (TPSA) is 96.3 Å². The number of likely N-dealkylation sites (tertiary alicyclic amines) is 1. The number of hydrogen-bond acceptors (Lipinski definition) is 5. The van der Waals surface area contributed by atoms with Crippen LogP contribution in [0.25, 0.3) is 0 Å². The Labute approximate surface area is 201 Å². The van der Waals surface area contributed by atoms with Crippen molar-refractivity contribution in [3.63, 3.8) is 0 Å². The summed E-state index contributed by atoms with van der Waals surface area (Å²) < 4.78 is 0. The number of hydrogen-bond donors (Lipinski definition) is 3. The van der Waals surface area contributed by atoms with Gasteiger partial charge >= 0.3 is 6.03 Å². The summed E-state index contributed by atoms with van der Waals surface area (Å²) in [7, 11) is 0. The van der Waals surface area contributed by atoms with Gasteiger partial charge < -0.3 is 30.2 Å². The fourth-order valence-electron chi connectivity index (χ4n) is 5.34. The summed E-state index contributed by atoms with van der Waals surface area (Å²) in [6, 6.07) is -0.717. The predicted molar refractivity (Wildman–Crippen MR) is 127 cm³/mol. The van der Waals surface area contributed by atoms with Crippen molar-refractivity contribution in [3.8, 4) is 0 Å². The monoisotopic (exact) mass is 480 g/mol. The molecule has 4 rings (SSSR count). The molecule has 1 spiro atoms. The number of rotatable bonds is 6. The Hall–Kier alpha value is -1.61. The molecule has 0 aromatic heterocycles. The van der Waals surface area contributed by atoms with Crippen LogP contribution < -0.4 is 5.32 Å². The zero-order valence-corrected chi connectivity index (χ0v) is 20.2. The molecule has 2 saturated heterocycles. The minimum absolute atomic E-state index is 0.0376. The summed E-state index contributed by atoms with van der Waals surface area (Å²) in [6.45, 7) is 4.91. The van der Waals surface area contributed by atoms with Gasteiger partial charge in [0.1, 0.15) is 0 Å². The summed E-state index contributed by atoms with van der Waals surface area (Å²) in [4.78, 5) is 31.5. The number of nitrogens with one attached hydrogen (secondary N) is 1. The van der Waals surface area contributed by atoms with Gasteiger partial charge in [0.15, 0.2) is 0 Å². The molecule has 8 nitrogen and oxygen atoms in total. The number of urea groups is 1. The highest BCUT2D eigenvalue weighted by molar-refractivity contribution is 6.22. The maximum Gasteiger partial charge on any atom is 0.322 e. The van der Waals surface area contributed by atoms with E-state index in [2.05, 4.69) is 10.2 Å². The van der Waals surface area contributed by atoms with Crippen LogP contribution in [-0.2, 0) is 4.79 Å². The lowest BCUT2D eigenvalue weighted by atomic mass is 9.90. The molecule has 3 amide bonds. The van der Waals surface area contributed by atoms with Crippen LogP contribution in [0.5, 0.6) is 0 Å². The molecule has 0 aromatic carbocycles. The quantitative estimate of drug-likeness (QED) is 0.502. The number of amides is 3. The molecule has 4 atom stereocenters. The van der Waals surface area contributed by atoms with Crippen LogP contribution in [-0.4, -0.2) is 99.7 Å². The van der Waals surface area contributed by atoms with E-state index in [-0.39, 0.29) is 53.9 Å². The van der Waals surface area contributed by atoms with Crippen LogP contribution in [0.1, 0.15) is 45.4 Å². The molecule has 9 heteroatoms. The molecule has 2 heterocycles. The highest BCUT2D eigenvalue weighted by Gasteiger charge is 2.51. The Balaban J connectivity index is 1.32. The average molecular weight is 481 g/mol. The van der Waals surface area contributed by atoms with Gasteiger partial charge in [-0.2, -0.15) is 0 Å². The fourth-order valence-corrected chi connectivity index (χ4v) is 5.58. The zero-order chi connectivity index (χ0) is 23.6. The van der Waals surface area contributed by atoms with E-state index in [4.69, 9.17) is 11.6 Å². The highest BCUT2D eigenvalue weighted by atomic mass is 35.5. The van der Waals surface area contributed by atoms with Gasteiger partial charge in [0, 0.05) is 44.3 Å². The van der Waals surface area contributed by atoms with Gasteiger partial charge in [0.05, 0.1) is 24.1 Å². The molecule has 4 unspecified atom stereocenters. The standard InChI is InChI=1S/C24H37ClN4O4/c1-17-14-29(20(16-30)5-10-27-12-9-24(7-8-24)21(31)15-27)22(32)6-11-28(17)23(33)26-19-4-2-3-18(25)13-19/h2,4,13,17-18,20-21,30-31H,3,5-12,14-16H2,1H3,(H,26,33). The van der Waals surface area contributed by atoms with E-state index >= 15 is 0 Å². The first kappa shape index (κ1) is 24.5. The van der Waals surface area contributed by atoms with E-state index in [0.717, 1.165) is 38.8 Å². The average Bonchev–Trinajstić information content (AvgIpc) is 3.57. The maximum absolute atomic E-state index is 12.9. The first-order valence-electron chi connectivity index (χ1n) is 12.2. The second-order valence-electron chi connectivity index (χ2n) is 10.1. The minimum atomic E-state index is -0.294.